The average molecular weight is 317 g/mol. The van der Waals surface area contributed by atoms with Crippen LogP contribution in [0.3, 0.4) is 0 Å². The van der Waals surface area contributed by atoms with Crippen LogP contribution in [0.15, 0.2) is 15.9 Å². The fraction of sp³-hybridized carbons (Fsp3) is 0.583. The number of amides is 1. The molecule has 94 valence electrons. The molecule has 1 atom stereocenters. The second kappa shape index (κ2) is 5.50. The molecule has 0 spiro atoms. The summed E-state index contributed by atoms with van der Waals surface area (Å²) in [5.41, 5.74) is -0.330. The molecule has 0 aliphatic carbocycles. The zero-order valence-electron chi connectivity index (χ0n) is 9.88. The monoisotopic (exact) mass is 316 g/mol. The topological polar surface area (TPSA) is 41.1 Å². The molecule has 1 aromatic rings. The van der Waals surface area contributed by atoms with Gasteiger partial charge in [0, 0.05) is 9.35 Å². The van der Waals surface area contributed by atoms with Crippen LogP contribution in [-0.2, 0) is 11.3 Å². The van der Waals surface area contributed by atoms with E-state index in [-0.39, 0.29) is 11.4 Å². The van der Waals surface area contributed by atoms with Crippen molar-refractivity contribution in [1.82, 2.24) is 10.6 Å². The minimum atomic E-state index is -0.330. The molecule has 1 saturated heterocycles. The van der Waals surface area contributed by atoms with Gasteiger partial charge in [0.15, 0.2) is 0 Å². The lowest BCUT2D eigenvalue weighted by atomic mass is 9.93. The van der Waals surface area contributed by atoms with Gasteiger partial charge in [0.2, 0.25) is 5.91 Å². The highest BCUT2D eigenvalue weighted by Gasteiger charge is 2.38. The molecule has 1 aliphatic rings. The summed E-state index contributed by atoms with van der Waals surface area (Å²) in [5, 5.41) is 8.41. The van der Waals surface area contributed by atoms with Crippen molar-refractivity contribution in [3.05, 3.63) is 20.8 Å². The molecule has 2 rings (SSSR count). The molecule has 2 heterocycles. The van der Waals surface area contributed by atoms with Gasteiger partial charge in [-0.1, -0.05) is 6.92 Å². The first-order valence-electron chi connectivity index (χ1n) is 5.93. The number of halogens is 1. The van der Waals surface area contributed by atoms with Crippen LogP contribution in [0.1, 0.15) is 31.1 Å². The SMILES string of the molecule is CCC1(C(=O)NCc2sccc2Br)CCCN1. The van der Waals surface area contributed by atoms with Gasteiger partial charge < -0.3 is 10.6 Å². The molecule has 1 fully saturated rings. The number of thiophene rings is 1. The van der Waals surface area contributed by atoms with Crippen LogP contribution in [0.25, 0.3) is 0 Å². The van der Waals surface area contributed by atoms with Gasteiger partial charge in [-0.2, -0.15) is 0 Å². The highest BCUT2D eigenvalue weighted by atomic mass is 79.9. The van der Waals surface area contributed by atoms with Crippen LogP contribution in [0.4, 0.5) is 0 Å². The van der Waals surface area contributed by atoms with Crippen LogP contribution in [0.5, 0.6) is 0 Å². The molecule has 0 saturated carbocycles. The van der Waals surface area contributed by atoms with Crippen LogP contribution < -0.4 is 10.6 Å². The van der Waals surface area contributed by atoms with E-state index in [0.29, 0.717) is 6.54 Å². The third-order valence-corrected chi connectivity index (χ3v) is 5.31. The highest BCUT2D eigenvalue weighted by Crippen LogP contribution is 2.25. The summed E-state index contributed by atoms with van der Waals surface area (Å²) in [4.78, 5) is 13.4. The van der Waals surface area contributed by atoms with E-state index in [0.717, 1.165) is 30.3 Å². The van der Waals surface area contributed by atoms with Crippen molar-refractivity contribution in [1.29, 1.82) is 0 Å². The molecule has 0 radical (unpaired) electrons. The molecular weight excluding hydrogens is 300 g/mol. The van der Waals surface area contributed by atoms with Gasteiger partial charge in [0.1, 0.15) is 0 Å². The lowest BCUT2D eigenvalue weighted by Gasteiger charge is -2.26. The molecular formula is C12H17BrN2OS. The van der Waals surface area contributed by atoms with E-state index in [1.165, 1.54) is 4.88 Å². The van der Waals surface area contributed by atoms with Gasteiger partial charge in [-0.05, 0) is 53.2 Å². The average Bonchev–Trinajstić information content (AvgIpc) is 2.95. The summed E-state index contributed by atoms with van der Waals surface area (Å²) < 4.78 is 1.08. The lowest BCUT2D eigenvalue weighted by Crippen LogP contribution is -2.52. The number of carbonyl (C=O) groups is 1. The van der Waals surface area contributed by atoms with E-state index in [9.17, 15) is 4.79 Å². The van der Waals surface area contributed by atoms with Gasteiger partial charge >= 0.3 is 0 Å². The van der Waals surface area contributed by atoms with Crippen molar-refractivity contribution < 1.29 is 4.79 Å². The van der Waals surface area contributed by atoms with Crippen molar-refractivity contribution in [2.75, 3.05) is 6.54 Å². The van der Waals surface area contributed by atoms with Crippen LogP contribution in [0.2, 0.25) is 0 Å². The smallest absolute Gasteiger partial charge is 0.240 e. The normalized spacial score (nSPS) is 23.9. The number of hydrogen-bond donors (Lipinski definition) is 2. The fourth-order valence-electron chi connectivity index (χ4n) is 2.24. The Labute approximate surface area is 114 Å². The predicted octanol–water partition coefficient (Wildman–Crippen LogP) is 2.66. The molecule has 0 bridgehead atoms. The van der Waals surface area contributed by atoms with Crippen molar-refractivity contribution in [2.45, 2.75) is 38.3 Å². The van der Waals surface area contributed by atoms with E-state index in [4.69, 9.17) is 0 Å². The van der Waals surface area contributed by atoms with Gasteiger partial charge in [-0.15, -0.1) is 11.3 Å². The number of nitrogens with one attached hydrogen (secondary N) is 2. The second-order valence-electron chi connectivity index (χ2n) is 4.34. The molecule has 2 N–H and O–H groups in total. The maximum absolute atomic E-state index is 12.2. The third-order valence-electron chi connectivity index (χ3n) is 3.38. The van der Waals surface area contributed by atoms with Crippen molar-refractivity contribution >= 4 is 33.2 Å². The Morgan fingerprint density at radius 3 is 3.06 bits per heavy atom. The molecule has 1 aliphatic heterocycles. The molecule has 17 heavy (non-hydrogen) atoms. The van der Waals surface area contributed by atoms with Crippen molar-refractivity contribution in [3.8, 4) is 0 Å². The van der Waals surface area contributed by atoms with Gasteiger partial charge in [0.05, 0.1) is 12.1 Å². The zero-order valence-corrected chi connectivity index (χ0v) is 12.3. The summed E-state index contributed by atoms with van der Waals surface area (Å²) in [6.45, 7) is 3.63. The largest absolute Gasteiger partial charge is 0.350 e. The Balaban J connectivity index is 1.95. The lowest BCUT2D eigenvalue weighted by molar-refractivity contribution is -0.127. The molecule has 1 amide bonds. The first-order chi connectivity index (χ1) is 8.18. The zero-order chi connectivity index (χ0) is 12.3. The van der Waals surface area contributed by atoms with E-state index >= 15 is 0 Å². The molecule has 3 nitrogen and oxygen atoms in total. The van der Waals surface area contributed by atoms with Gasteiger partial charge in [-0.25, -0.2) is 0 Å². The minimum Gasteiger partial charge on any atom is -0.350 e. The number of hydrogen-bond acceptors (Lipinski definition) is 3. The summed E-state index contributed by atoms with van der Waals surface area (Å²) in [7, 11) is 0. The Morgan fingerprint density at radius 2 is 2.53 bits per heavy atom. The highest BCUT2D eigenvalue weighted by molar-refractivity contribution is 9.10. The Kier molecular flexibility index (Phi) is 4.22. The Hall–Kier alpha value is -0.390. The third kappa shape index (κ3) is 2.72. The summed E-state index contributed by atoms with van der Waals surface area (Å²) >= 11 is 5.13. The van der Waals surface area contributed by atoms with Gasteiger partial charge in [-0.3, -0.25) is 4.79 Å². The molecule has 0 aromatic carbocycles. The Bertz CT molecular complexity index is 399. The standard InChI is InChI=1S/C12H17BrN2OS/c1-2-12(5-3-6-15-12)11(16)14-8-10-9(13)4-7-17-10/h4,7,15H,2-3,5-6,8H2,1H3,(H,14,16). The van der Waals surface area contributed by atoms with Crippen LogP contribution in [-0.4, -0.2) is 18.0 Å². The first kappa shape index (κ1) is 13.1. The van der Waals surface area contributed by atoms with Gasteiger partial charge in [0.25, 0.3) is 0 Å². The fourth-order valence-corrected chi connectivity index (χ4v) is 3.68. The second-order valence-corrected chi connectivity index (χ2v) is 6.20. The Morgan fingerprint density at radius 1 is 1.71 bits per heavy atom. The van der Waals surface area contributed by atoms with E-state index in [2.05, 4.69) is 33.5 Å². The van der Waals surface area contributed by atoms with E-state index < -0.39 is 0 Å². The maximum atomic E-state index is 12.2. The molecule has 1 aromatic heterocycles. The first-order valence-corrected chi connectivity index (χ1v) is 7.60. The van der Waals surface area contributed by atoms with Crippen LogP contribution >= 0.6 is 27.3 Å². The summed E-state index contributed by atoms with van der Waals surface area (Å²) in [6.07, 6.45) is 2.88. The summed E-state index contributed by atoms with van der Waals surface area (Å²) in [6, 6.07) is 2.01. The predicted molar refractivity (Wildman–Crippen MR) is 74.1 cm³/mol. The molecule has 1 unspecified atom stereocenters. The van der Waals surface area contributed by atoms with Crippen molar-refractivity contribution in [3.63, 3.8) is 0 Å². The maximum Gasteiger partial charge on any atom is 0.240 e. The molecule has 5 heteroatoms. The number of carbonyl (C=O) groups excluding carboxylic acids is 1. The summed E-state index contributed by atoms with van der Waals surface area (Å²) in [5.74, 6) is 0.137. The van der Waals surface area contributed by atoms with Crippen molar-refractivity contribution in [2.24, 2.45) is 0 Å². The van der Waals surface area contributed by atoms with Crippen LogP contribution in [0, 0.1) is 0 Å². The van der Waals surface area contributed by atoms with E-state index in [1.807, 2.05) is 11.4 Å². The minimum absolute atomic E-state index is 0.137. The quantitative estimate of drug-likeness (QED) is 0.896. The number of rotatable bonds is 4. The van der Waals surface area contributed by atoms with E-state index in [1.54, 1.807) is 11.3 Å².